The number of pyridine rings is 4. The fourth-order valence-corrected chi connectivity index (χ4v) is 11.8. The molecule has 34 nitrogen and oxygen atoms in total. The van der Waals surface area contributed by atoms with Crippen LogP contribution in [0.4, 0.5) is 22.7 Å². The summed E-state index contributed by atoms with van der Waals surface area (Å²) in [6.07, 6.45) is 14.3. The molecule has 8 heterocycles. The maximum absolute atomic E-state index is 13.2. The van der Waals surface area contributed by atoms with Crippen molar-refractivity contribution in [3.63, 3.8) is 0 Å². The molecule has 12 aromatic rings. The molecule has 0 bridgehead atoms. The summed E-state index contributed by atoms with van der Waals surface area (Å²) in [5.74, 6) is -0.0626. The number of nitrogens with zero attached hydrogens (tertiary/aromatic N) is 11. The van der Waals surface area contributed by atoms with Crippen LogP contribution >= 0.6 is 0 Å². The molecule has 0 radical (unpaired) electrons. The number of aliphatic carboxylic acids is 2. The number of H-pyrrole nitrogens is 4. The predicted octanol–water partition coefficient (Wildman–Crippen LogP) is 11.5. The number of aromatic amines is 4. The molecule has 120 heavy (non-hydrogen) atoms. The Hall–Kier alpha value is -13.9. The molecule has 4 amide bonds. The number of hydrogen-bond donors (Lipinski definition) is 9. The highest BCUT2D eigenvalue weighted by atomic mass is 16.5. The monoisotopic (exact) mass is 1650 g/mol. The lowest BCUT2D eigenvalue weighted by molar-refractivity contribution is -0.141. The molecule has 0 fully saturated rings. The van der Waals surface area contributed by atoms with Gasteiger partial charge in [0.05, 0.1) is 68.3 Å². The lowest BCUT2D eigenvalue weighted by Gasteiger charge is -2.23. The number of aromatic nitrogens is 12. The third-order valence-electron chi connectivity index (χ3n) is 18.2. The van der Waals surface area contributed by atoms with Gasteiger partial charge in [0, 0.05) is 181 Å². The van der Waals surface area contributed by atoms with E-state index in [9.17, 15) is 38.4 Å². The second kappa shape index (κ2) is 51.2. The van der Waals surface area contributed by atoms with Crippen molar-refractivity contribution >= 4 is 114 Å². The Balaban J connectivity index is 0.000000209. The second-order valence-corrected chi connectivity index (χ2v) is 26.5. The summed E-state index contributed by atoms with van der Waals surface area (Å²) in [7, 11) is 9.03. The number of esters is 2. The van der Waals surface area contributed by atoms with Crippen LogP contribution in [0.25, 0.3) is 44.1 Å². The molecule has 0 aliphatic carbocycles. The number of benzene rings is 4. The molecule has 0 aliphatic heterocycles. The van der Waals surface area contributed by atoms with Gasteiger partial charge in [-0.2, -0.15) is 20.4 Å². The Morgan fingerprint density at radius 2 is 0.733 bits per heavy atom. The largest absolute Gasteiger partial charge is 0.497 e. The molecule has 4 aromatic carbocycles. The van der Waals surface area contributed by atoms with E-state index in [1.165, 1.54) is 32.0 Å². The van der Waals surface area contributed by atoms with Gasteiger partial charge >= 0.3 is 23.9 Å². The minimum atomic E-state index is -0.957. The van der Waals surface area contributed by atoms with E-state index in [-0.39, 0.29) is 93.6 Å². The number of nitrogens with two attached hydrogens (primary N) is 1. The van der Waals surface area contributed by atoms with Crippen LogP contribution in [-0.2, 0) is 73.5 Å². The molecule has 0 saturated carbocycles. The molecular weight excluding hydrogens is 1540 g/mol. The van der Waals surface area contributed by atoms with E-state index < -0.39 is 11.9 Å². The second-order valence-electron chi connectivity index (χ2n) is 26.5. The van der Waals surface area contributed by atoms with Gasteiger partial charge in [-0.3, -0.25) is 58.8 Å². The van der Waals surface area contributed by atoms with Crippen LogP contribution in [0.5, 0.6) is 23.0 Å². The van der Waals surface area contributed by atoms with Gasteiger partial charge in [-0.05, 0) is 136 Å². The first kappa shape index (κ1) is 93.2. The van der Waals surface area contributed by atoms with Gasteiger partial charge in [0.2, 0.25) is 23.6 Å². The molecule has 34 heteroatoms. The van der Waals surface area contributed by atoms with Crippen LogP contribution in [-0.4, -0.2) is 200 Å². The van der Waals surface area contributed by atoms with Gasteiger partial charge in [0.15, 0.2) is 22.6 Å². The number of methoxy groups -OCH3 is 6. The van der Waals surface area contributed by atoms with Crippen LogP contribution in [0.1, 0.15) is 114 Å². The zero-order chi connectivity index (χ0) is 86.4. The molecule has 0 aliphatic rings. The zero-order valence-electron chi connectivity index (χ0n) is 68.8. The smallest absolute Gasteiger partial charge is 0.307 e. The number of anilines is 4. The Morgan fingerprint density at radius 1 is 0.392 bits per heavy atom. The molecule has 12 rings (SSSR count). The number of carboxylic acid groups (broad SMARTS) is 2. The van der Waals surface area contributed by atoms with Crippen molar-refractivity contribution in [3.8, 4) is 23.0 Å². The number of amides is 4. The maximum atomic E-state index is 13.2. The number of carbonyl (C=O) groups is 8. The number of ether oxygens (including phenoxy) is 6. The highest BCUT2D eigenvalue weighted by molar-refractivity contribution is 5.97. The van der Waals surface area contributed by atoms with Crippen molar-refractivity contribution < 1.29 is 77.0 Å². The number of unbranched alkanes of at least 4 members (excludes halogenated alkanes) is 2. The molecule has 0 saturated heterocycles. The molecule has 0 unspecified atom stereocenters. The van der Waals surface area contributed by atoms with E-state index in [1.807, 2.05) is 103 Å². The van der Waals surface area contributed by atoms with Crippen molar-refractivity contribution in [2.75, 3.05) is 102 Å². The Labute approximate surface area is 694 Å². The summed E-state index contributed by atoms with van der Waals surface area (Å²) in [6, 6.07) is 44.0. The van der Waals surface area contributed by atoms with Crippen LogP contribution in [0.2, 0.25) is 0 Å². The minimum absolute atomic E-state index is 0.0558. The van der Waals surface area contributed by atoms with Crippen molar-refractivity contribution in [2.24, 2.45) is 5.73 Å². The summed E-state index contributed by atoms with van der Waals surface area (Å²) < 4.78 is 30.1. The summed E-state index contributed by atoms with van der Waals surface area (Å²) in [5.41, 5.74) is 13.9. The summed E-state index contributed by atoms with van der Waals surface area (Å²) in [4.78, 5) is 116. The molecule has 8 aromatic heterocycles. The van der Waals surface area contributed by atoms with Gasteiger partial charge in [0.25, 0.3) is 0 Å². The number of nitrogens with one attached hydrogen (secondary N) is 6. The molecule has 0 spiro atoms. The first-order chi connectivity index (χ1) is 58.3. The number of rotatable bonds is 37. The normalized spacial score (nSPS) is 10.4. The van der Waals surface area contributed by atoms with E-state index in [1.54, 1.807) is 105 Å². The van der Waals surface area contributed by atoms with Crippen molar-refractivity contribution in [1.29, 1.82) is 0 Å². The molecule has 636 valence electrons. The molecule has 10 N–H and O–H groups in total. The average molecular weight is 1650 g/mol. The minimum Gasteiger partial charge on any atom is -0.497 e. The van der Waals surface area contributed by atoms with Gasteiger partial charge in [-0.25, -0.2) is 19.9 Å². The van der Waals surface area contributed by atoms with Crippen molar-refractivity contribution in [3.05, 3.63) is 193 Å². The highest BCUT2D eigenvalue weighted by Gasteiger charge is 2.23. The van der Waals surface area contributed by atoms with Crippen molar-refractivity contribution in [2.45, 2.75) is 117 Å². The lowest BCUT2D eigenvalue weighted by Crippen LogP contribution is -2.35. The van der Waals surface area contributed by atoms with Gasteiger partial charge in [-0.15, -0.1) is 0 Å². The van der Waals surface area contributed by atoms with Crippen molar-refractivity contribution in [1.82, 2.24) is 66.0 Å². The third kappa shape index (κ3) is 30.6. The average Bonchev–Trinajstić information content (AvgIpc) is 1.56. The number of hydrogen-bond acceptors (Lipinski definition) is 24. The Kier molecular flexibility index (Phi) is 39.8. The SMILES string of the molecule is CCCCN.CCCCNC(=O)CCN(C(=O)CCc1[nH]nc2ncccc12)c1cccc(OC)c1.COC(=O)CCN(C(=O)CCc1[nH]nc2ncccc12)c1cccc(OC)c1.COC(=O)CCNc1cccc(OC)c1.COc1cccc(N(CCC(=O)O)C(=O)CCc2[nH]nc3ncccc23)c1.O=C(O)CCc1[nH]nc2ncccc12. The van der Waals surface area contributed by atoms with E-state index in [0.29, 0.717) is 109 Å². The van der Waals surface area contributed by atoms with Crippen LogP contribution in [0.3, 0.4) is 0 Å². The predicted molar refractivity (Wildman–Crippen MR) is 456 cm³/mol. The van der Waals surface area contributed by atoms with Crippen LogP contribution in [0, 0.1) is 0 Å². The van der Waals surface area contributed by atoms with E-state index in [4.69, 9.17) is 39.6 Å². The maximum Gasteiger partial charge on any atom is 0.307 e. The van der Waals surface area contributed by atoms with E-state index in [0.717, 1.165) is 75.1 Å². The van der Waals surface area contributed by atoms with E-state index >= 15 is 0 Å². The number of carboxylic acids is 2. The topological polar surface area (TPSA) is 458 Å². The third-order valence-corrected chi connectivity index (χ3v) is 18.2. The quantitative estimate of drug-likeness (QED) is 0.0129. The van der Waals surface area contributed by atoms with Gasteiger partial charge < -0.3 is 69.7 Å². The van der Waals surface area contributed by atoms with Crippen LogP contribution in [0.15, 0.2) is 170 Å². The number of carbonyl (C=O) groups excluding carboxylic acids is 6. The Bertz CT molecular complexity index is 5200. The fourth-order valence-electron chi connectivity index (χ4n) is 11.8. The number of fused-ring (bicyclic) bond motifs is 4. The first-order valence-corrected chi connectivity index (χ1v) is 39.1. The summed E-state index contributed by atoms with van der Waals surface area (Å²) in [5, 5.41) is 55.2. The first-order valence-electron chi connectivity index (χ1n) is 39.1. The highest BCUT2D eigenvalue weighted by Crippen LogP contribution is 2.28. The summed E-state index contributed by atoms with van der Waals surface area (Å²) >= 11 is 0. The Morgan fingerprint density at radius 3 is 1.07 bits per heavy atom. The lowest BCUT2D eigenvalue weighted by atomic mass is 10.1. The van der Waals surface area contributed by atoms with Crippen LogP contribution < -0.4 is 50.0 Å². The number of aryl methyl sites for hydroxylation is 4. The van der Waals surface area contributed by atoms with E-state index in [2.05, 4.69) is 89.9 Å². The van der Waals surface area contributed by atoms with Gasteiger partial charge in [0.1, 0.15) is 23.0 Å². The molecule has 0 atom stereocenters. The molecular formula is C86H106N18O16. The van der Waals surface area contributed by atoms with Gasteiger partial charge in [-0.1, -0.05) is 51.0 Å². The fraction of sp³-hybridized carbons (Fsp3) is 0.349. The standard InChI is InChI=1S/C23H29N5O3.C20H22N4O4.C19H20N4O4.C11H15NO3.C9H9N3O2.C4H11N/c1-3-4-13-24-21(29)12-15-28(17-7-5-8-18(16-17)31-2)22(30)11-10-20-19-9-6-14-25-23(19)27-26-20;1-27-15-6-3-5-14(13-15)24(12-10-19(26)28-2)18(25)9-8-17-16-7-4-11-21-20(16)23-22-17;1-27-14-5-2-4-13(12-14)23(11-9-18(25)26)17(24)8-7-16-15-6-3-10-20-19(15)22-21-16;1-14-10-5-3-4-9(8-10)12-7-6-11(13)15-2;13-8(14)4-3-7-6-2-1-5-10-9(6)12-11-7;1-2-3-4-5/h5-9,14,16H,3-4,10-13,15H2,1-2H3,(H,24,29)(H,25,26,27);3-7,11,13H,8-10,12H2,1-2H3,(H,21,22,23);2-6,10,12H,7-9,11H2,1H3,(H,25,26)(H,20,21,22);3-5,8,12H,6-7H2,1-2H3;1-2,5H,3-4H2,(H,13,14)(H,10,11,12);2-5H2,1H3. The summed E-state index contributed by atoms with van der Waals surface area (Å²) in [6.45, 7) is 6.88. The zero-order valence-corrected chi connectivity index (χ0v) is 68.8.